The van der Waals surface area contributed by atoms with Crippen molar-refractivity contribution in [2.45, 2.75) is 77.9 Å². The zero-order chi connectivity index (χ0) is 17.4. The summed E-state index contributed by atoms with van der Waals surface area (Å²) in [6.45, 7) is 11.1. The largest absolute Gasteiger partial charge is 0.321 e. The Labute approximate surface area is 144 Å². The smallest absolute Gasteiger partial charge is 0.259 e. The average molecular weight is 336 g/mol. The van der Waals surface area contributed by atoms with Crippen LogP contribution in [0, 0.1) is 17.2 Å². The third kappa shape index (κ3) is 6.55. The quantitative estimate of drug-likeness (QED) is 0.267. The molecule has 0 saturated carbocycles. The van der Waals surface area contributed by atoms with Crippen LogP contribution in [0.1, 0.15) is 53.9 Å². The van der Waals surface area contributed by atoms with Gasteiger partial charge in [-0.1, -0.05) is 19.1 Å². The highest BCUT2D eigenvalue weighted by atomic mass is 31.2. The molecule has 0 heterocycles. The molecule has 0 aliphatic heterocycles. The SMILES string of the molecule is [B]C1C=CC(CC)C[C@H]1OP(OCCC#N)N(C(C)C)C(C)C. The van der Waals surface area contributed by atoms with Gasteiger partial charge in [0.15, 0.2) is 0 Å². The lowest BCUT2D eigenvalue weighted by atomic mass is 9.74. The maximum Gasteiger partial charge on any atom is 0.259 e. The summed E-state index contributed by atoms with van der Waals surface area (Å²) in [6.07, 6.45) is 6.62. The second-order valence-electron chi connectivity index (χ2n) is 6.56. The van der Waals surface area contributed by atoms with Crippen LogP contribution < -0.4 is 0 Å². The van der Waals surface area contributed by atoms with Crippen molar-refractivity contribution in [1.82, 2.24) is 4.67 Å². The molecule has 0 aromatic rings. The van der Waals surface area contributed by atoms with E-state index in [9.17, 15) is 0 Å². The Morgan fingerprint density at radius 1 is 1.30 bits per heavy atom. The van der Waals surface area contributed by atoms with Crippen LogP contribution in [0.5, 0.6) is 0 Å². The second kappa shape index (κ2) is 10.5. The van der Waals surface area contributed by atoms with E-state index in [2.05, 4.69) is 57.5 Å². The number of hydrogen-bond acceptors (Lipinski definition) is 4. The molecular weight excluding hydrogens is 306 g/mol. The van der Waals surface area contributed by atoms with Crippen LogP contribution in [0.4, 0.5) is 0 Å². The fraction of sp³-hybridized carbons (Fsp3) is 0.824. The minimum absolute atomic E-state index is 0.0295. The van der Waals surface area contributed by atoms with Crippen LogP contribution in [0.15, 0.2) is 12.2 Å². The molecule has 23 heavy (non-hydrogen) atoms. The minimum atomic E-state index is -1.22. The van der Waals surface area contributed by atoms with Crippen molar-refractivity contribution in [3.8, 4) is 6.07 Å². The maximum absolute atomic E-state index is 8.76. The van der Waals surface area contributed by atoms with Crippen molar-refractivity contribution < 1.29 is 9.05 Å². The third-order valence-electron chi connectivity index (χ3n) is 3.98. The monoisotopic (exact) mass is 336 g/mol. The first-order chi connectivity index (χ1) is 10.9. The number of allylic oxidation sites excluding steroid dienone is 1. The molecule has 0 saturated heterocycles. The third-order valence-corrected chi connectivity index (χ3v) is 6.14. The molecule has 4 nitrogen and oxygen atoms in total. The van der Waals surface area contributed by atoms with Crippen LogP contribution in [0.2, 0.25) is 5.82 Å². The van der Waals surface area contributed by atoms with Crippen molar-refractivity contribution in [2.75, 3.05) is 6.61 Å². The minimum Gasteiger partial charge on any atom is -0.321 e. The summed E-state index contributed by atoms with van der Waals surface area (Å²) in [6, 6.07) is 2.74. The Morgan fingerprint density at radius 2 is 1.96 bits per heavy atom. The van der Waals surface area contributed by atoms with E-state index in [1.807, 2.05) is 0 Å². The van der Waals surface area contributed by atoms with Gasteiger partial charge in [0, 0.05) is 12.1 Å². The second-order valence-corrected chi connectivity index (χ2v) is 7.96. The van der Waals surface area contributed by atoms with Crippen LogP contribution in [0.25, 0.3) is 0 Å². The van der Waals surface area contributed by atoms with E-state index in [1.165, 1.54) is 0 Å². The number of nitriles is 1. The summed E-state index contributed by atoms with van der Waals surface area (Å²) in [4.78, 5) is 0. The molecule has 0 bridgehead atoms. The molecule has 0 N–H and O–H groups in total. The van der Waals surface area contributed by atoms with E-state index < -0.39 is 8.53 Å². The molecular formula is C17H30BN2O2P. The first-order valence-corrected chi connectivity index (χ1v) is 9.72. The van der Waals surface area contributed by atoms with Crippen molar-refractivity contribution in [2.24, 2.45) is 5.92 Å². The summed E-state index contributed by atoms with van der Waals surface area (Å²) >= 11 is 0. The van der Waals surface area contributed by atoms with Gasteiger partial charge in [-0.05, 0) is 52.3 Å². The molecule has 1 rings (SSSR count). The van der Waals surface area contributed by atoms with Crippen molar-refractivity contribution in [1.29, 1.82) is 5.26 Å². The Kier molecular flexibility index (Phi) is 9.40. The number of rotatable bonds is 9. The van der Waals surface area contributed by atoms with Crippen molar-refractivity contribution in [3.05, 3.63) is 12.2 Å². The highest BCUT2D eigenvalue weighted by Gasteiger charge is 2.32. The lowest BCUT2D eigenvalue weighted by Crippen LogP contribution is -2.35. The summed E-state index contributed by atoms with van der Waals surface area (Å²) in [5.41, 5.74) is 0. The zero-order valence-electron chi connectivity index (χ0n) is 15.1. The van der Waals surface area contributed by atoms with Crippen molar-refractivity contribution in [3.63, 3.8) is 0 Å². The predicted octanol–water partition coefficient (Wildman–Crippen LogP) is 4.59. The Hall–Kier alpha value is -0.395. The zero-order valence-corrected chi connectivity index (χ0v) is 16.0. The van der Waals surface area contributed by atoms with E-state index in [1.54, 1.807) is 0 Å². The molecule has 1 aliphatic carbocycles. The maximum atomic E-state index is 8.76. The van der Waals surface area contributed by atoms with Crippen molar-refractivity contribution >= 4 is 16.4 Å². The average Bonchev–Trinajstić information content (AvgIpc) is 2.48. The van der Waals surface area contributed by atoms with Crippen LogP contribution >= 0.6 is 8.53 Å². The van der Waals surface area contributed by atoms with E-state index >= 15 is 0 Å². The molecule has 0 amide bonds. The van der Waals surface area contributed by atoms with Crippen LogP contribution in [-0.4, -0.2) is 37.3 Å². The van der Waals surface area contributed by atoms with Gasteiger partial charge in [-0.25, -0.2) is 4.67 Å². The van der Waals surface area contributed by atoms with E-state index in [0.29, 0.717) is 31.0 Å². The molecule has 1 aliphatic rings. The molecule has 128 valence electrons. The van der Waals surface area contributed by atoms with E-state index in [4.69, 9.17) is 22.2 Å². The highest BCUT2D eigenvalue weighted by molar-refractivity contribution is 7.44. The summed E-state index contributed by atoms with van der Waals surface area (Å²) in [7, 11) is 5.00. The molecule has 6 heteroatoms. The first kappa shape index (κ1) is 20.6. The fourth-order valence-electron chi connectivity index (χ4n) is 2.77. The molecule has 2 radical (unpaired) electrons. The number of hydrogen-bond donors (Lipinski definition) is 0. The summed E-state index contributed by atoms with van der Waals surface area (Å²) < 4.78 is 14.6. The topological polar surface area (TPSA) is 45.5 Å². The van der Waals surface area contributed by atoms with Gasteiger partial charge in [0.05, 0.1) is 33.0 Å². The molecule has 4 atom stereocenters. The fourth-order valence-corrected chi connectivity index (χ4v) is 4.53. The molecule has 0 aromatic carbocycles. The van der Waals surface area contributed by atoms with Crippen LogP contribution in [-0.2, 0) is 9.05 Å². The van der Waals surface area contributed by atoms with Gasteiger partial charge < -0.3 is 9.05 Å². The van der Waals surface area contributed by atoms with Gasteiger partial charge >= 0.3 is 0 Å². The predicted molar refractivity (Wildman–Crippen MR) is 97.1 cm³/mol. The van der Waals surface area contributed by atoms with Gasteiger partial charge in [0.2, 0.25) is 0 Å². The summed E-state index contributed by atoms with van der Waals surface area (Å²) in [5.74, 6) is 0.422. The lowest BCUT2D eigenvalue weighted by molar-refractivity contribution is 0.117. The van der Waals surface area contributed by atoms with E-state index in [-0.39, 0.29) is 11.9 Å². The molecule has 0 fully saturated rings. The molecule has 3 unspecified atom stereocenters. The van der Waals surface area contributed by atoms with Crippen LogP contribution in [0.3, 0.4) is 0 Å². The lowest BCUT2D eigenvalue weighted by Gasteiger charge is -2.39. The van der Waals surface area contributed by atoms with Gasteiger partial charge in [0.1, 0.15) is 0 Å². The Morgan fingerprint density at radius 3 is 2.48 bits per heavy atom. The molecule has 0 aromatic heterocycles. The van der Waals surface area contributed by atoms with E-state index in [0.717, 1.165) is 12.8 Å². The number of nitrogens with zero attached hydrogens (tertiary/aromatic N) is 2. The van der Waals surface area contributed by atoms with Gasteiger partial charge in [-0.15, -0.1) is 0 Å². The highest BCUT2D eigenvalue weighted by Crippen LogP contribution is 2.49. The standard InChI is InChI=1S/C17H30BN2O2P/c1-6-15-8-9-16(18)17(12-15)22-23(21-11-7-10-19)20(13(2)3)14(4)5/h8-9,13-17H,6-7,11-12H2,1-5H3/t15?,16?,17-,23?/m1/s1. The van der Waals surface area contributed by atoms with Gasteiger partial charge in [0.25, 0.3) is 8.53 Å². The Balaban J connectivity index is 2.82. The summed E-state index contributed by atoms with van der Waals surface area (Å²) in [5, 5.41) is 8.76. The normalized spacial score (nSPS) is 26.0. The Bertz CT molecular complexity index is 404. The first-order valence-electron chi connectivity index (χ1n) is 8.59. The van der Waals surface area contributed by atoms with Gasteiger partial charge in [-0.2, -0.15) is 5.26 Å². The van der Waals surface area contributed by atoms with Gasteiger partial charge in [-0.3, -0.25) is 0 Å². The molecule has 0 spiro atoms.